The monoisotopic (exact) mass is 290 g/mol. The van der Waals surface area contributed by atoms with E-state index in [9.17, 15) is 9.18 Å². The molecule has 2 nitrogen and oxygen atoms in total. The van der Waals surface area contributed by atoms with E-state index in [4.69, 9.17) is 5.11 Å². The quantitative estimate of drug-likeness (QED) is 0.846. The predicted molar refractivity (Wildman–Crippen MR) is 78.8 cm³/mol. The summed E-state index contributed by atoms with van der Waals surface area (Å²) in [5.41, 5.74) is 3.06. The number of carboxylic acids is 1. The second-order valence-electron chi connectivity index (χ2n) is 4.64. The van der Waals surface area contributed by atoms with Gasteiger partial charge >= 0.3 is 5.97 Å². The maximum absolute atomic E-state index is 13.3. The van der Waals surface area contributed by atoms with Gasteiger partial charge in [-0.1, -0.05) is 6.07 Å². The molecular weight excluding hydrogens is 275 g/mol. The number of hydrogen-bond donors (Lipinski definition) is 1. The van der Waals surface area contributed by atoms with Crippen LogP contribution in [0.3, 0.4) is 0 Å². The minimum absolute atomic E-state index is 0.155. The molecule has 104 valence electrons. The van der Waals surface area contributed by atoms with Crippen molar-refractivity contribution >= 4 is 17.7 Å². The van der Waals surface area contributed by atoms with E-state index in [0.29, 0.717) is 11.3 Å². The zero-order valence-electron chi connectivity index (χ0n) is 11.3. The molecule has 0 aliphatic rings. The molecule has 0 unspecified atom stereocenters. The number of benzene rings is 2. The van der Waals surface area contributed by atoms with Crippen LogP contribution in [0.1, 0.15) is 27.0 Å². The third-order valence-corrected chi connectivity index (χ3v) is 4.21. The molecule has 2 rings (SSSR count). The van der Waals surface area contributed by atoms with Crippen molar-refractivity contribution in [1.29, 1.82) is 0 Å². The van der Waals surface area contributed by atoms with Gasteiger partial charge in [0.2, 0.25) is 0 Å². The fourth-order valence-corrected chi connectivity index (χ4v) is 2.84. The normalized spacial score (nSPS) is 10.6. The molecule has 2 aromatic carbocycles. The lowest BCUT2D eigenvalue weighted by atomic mass is 10.1. The third kappa shape index (κ3) is 3.39. The van der Waals surface area contributed by atoms with Crippen LogP contribution in [-0.4, -0.2) is 11.1 Å². The van der Waals surface area contributed by atoms with Crippen LogP contribution in [0.15, 0.2) is 41.3 Å². The van der Waals surface area contributed by atoms with Crippen molar-refractivity contribution in [2.75, 3.05) is 0 Å². The van der Waals surface area contributed by atoms with Crippen molar-refractivity contribution < 1.29 is 14.3 Å². The van der Waals surface area contributed by atoms with E-state index in [1.807, 2.05) is 26.0 Å². The number of rotatable bonds is 4. The first-order valence-corrected chi connectivity index (χ1v) is 7.17. The Morgan fingerprint density at radius 2 is 1.90 bits per heavy atom. The Bertz CT molecular complexity index is 653. The van der Waals surface area contributed by atoms with Gasteiger partial charge in [-0.15, -0.1) is 11.8 Å². The molecule has 4 heteroatoms. The number of halogens is 1. The molecule has 1 N–H and O–H groups in total. The second-order valence-corrected chi connectivity index (χ2v) is 5.69. The molecule has 0 aliphatic heterocycles. The van der Waals surface area contributed by atoms with Crippen molar-refractivity contribution in [3.8, 4) is 0 Å². The lowest BCUT2D eigenvalue weighted by molar-refractivity contribution is 0.0696. The van der Waals surface area contributed by atoms with E-state index in [1.165, 1.54) is 41.1 Å². The molecule has 0 aromatic heterocycles. The van der Waals surface area contributed by atoms with Crippen molar-refractivity contribution in [2.45, 2.75) is 24.5 Å². The summed E-state index contributed by atoms with van der Waals surface area (Å²) < 4.78 is 13.3. The summed E-state index contributed by atoms with van der Waals surface area (Å²) in [6.45, 7) is 4.07. The summed E-state index contributed by atoms with van der Waals surface area (Å²) in [4.78, 5) is 12.2. The fraction of sp³-hybridized carbons (Fsp3) is 0.188. The zero-order chi connectivity index (χ0) is 14.7. The topological polar surface area (TPSA) is 37.3 Å². The molecular formula is C16H15FO2S. The zero-order valence-corrected chi connectivity index (χ0v) is 12.1. The minimum atomic E-state index is -1.03. The number of aromatic carboxylic acids is 1. The number of thioether (sulfide) groups is 1. The first-order chi connectivity index (χ1) is 9.47. The minimum Gasteiger partial charge on any atom is -0.478 e. The standard InChI is InChI=1S/C16H15FO2S/c1-10-3-5-14(7-11(10)2)20-9-12-8-13(17)4-6-15(12)16(18)19/h3-8H,9H2,1-2H3,(H,18,19). The predicted octanol–water partition coefficient (Wildman–Crippen LogP) is 4.43. The van der Waals surface area contributed by atoms with Crippen LogP contribution in [0.4, 0.5) is 4.39 Å². The number of carboxylic acid groups (broad SMARTS) is 1. The number of aryl methyl sites for hydroxylation is 2. The van der Waals surface area contributed by atoms with Gasteiger partial charge in [0.15, 0.2) is 0 Å². The summed E-state index contributed by atoms with van der Waals surface area (Å²) in [6, 6.07) is 9.85. The van der Waals surface area contributed by atoms with E-state index in [0.717, 1.165) is 4.90 Å². The van der Waals surface area contributed by atoms with Gasteiger partial charge in [-0.25, -0.2) is 9.18 Å². The highest BCUT2D eigenvalue weighted by molar-refractivity contribution is 7.98. The highest BCUT2D eigenvalue weighted by atomic mass is 32.2. The molecule has 2 aromatic rings. The molecule has 0 radical (unpaired) electrons. The highest BCUT2D eigenvalue weighted by Gasteiger charge is 2.11. The molecule has 0 atom stereocenters. The molecule has 0 amide bonds. The van der Waals surface area contributed by atoms with E-state index in [2.05, 4.69) is 6.07 Å². The van der Waals surface area contributed by atoms with Crippen molar-refractivity contribution in [1.82, 2.24) is 0 Å². The van der Waals surface area contributed by atoms with Crippen molar-refractivity contribution in [2.24, 2.45) is 0 Å². The lowest BCUT2D eigenvalue weighted by Gasteiger charge is -2.08. The average Bonchev–Trinajstić information content (AvgIpc) is 2.40. The summed E-state index contributed by atoms with van der Waals surface area (Å²) in [5, 5.41) is 9.10. The van der Waals surface area contributed by atoms with Gasteiger partial charge in [-0.05, 0) is 60.9 Å². The highest BCUT2D eigenvalue weighted by Crippen LogP contribution is 2.26. The maximum atomic E-state index is 13.3. The van der Waals surface area contributed by atoms with Gasteiger partial charge in [-0.3, -0.25) is 0 Å². The smallest absolute Gasteiger partial charge is 0.335 e. The van der Waals surface area contributed by atoms with Crippen LogP contribution in [-0.2, 0) is 5.75 Å². The SMILES string of the molecule is Cc1ccc(SCc2cc(F)ccc2C(=O)O)cc1C. The van der Waals surface area contributed by atoms with Gasteiger partial charge in [0.1, 0.15) is 5.82 Å². The first-order valence-electron chi connectivity index (χ1n) is 6.19. The third-order valence-electron chi connectivity index (χ3n) is 3.17. The fourth-order valence-electron chi connectivity index (χ4n) is 1.86. The van der Waals surface area contributed by atoms with Gasteiger partial charge in [0.25, 0.3) is 0 Å². The van der Waals surface area contributed by atoms with Crippen LogP contribution in [0.2, 0.25) is 0 Å². The van der Waals surface area contributed by atoms with Crippen LogP contribution in [0, 0.1) is 19.7 Å². The summed E-state index contributed by atoms with van der Waals surface area (Å²) in [6.07, 6.45) is 0. The summed E-state index contributed by atoms with van der Waals surface area (Å²) >= 11 is 1.51. The maximum Gasteiger partial charge on any atom is 0.335 e. The lowest BCUT2D eigenvalue weighted by Crippen LogP contribution is -2.02. The Balaban J connectivity index is 2.20. The number of hydrogen-bond acceptors (Lipinski definition) is 2. The van der Waals surface area contributed by atoms with Crippen LogP contribution in [0.5, 0.6) is 0 Å². The number of carbonyl (C=O) groups is 1. The molecule has 0 spiro atoms. The van der Waals surface area contributed by atoms with Gasteiger partial charge in [0, 0.05) is 10.6 Å². The van der Waals surface area contributed by atoms with E-state index >= 15 is 0 Å². The van der Waals surface area contributed by atoms with Gasteiger partial charge in [0.05, 0.1) is 5.56 Å². The molecule has 0 saturated carbocycles. The largest absolute Gasteiger partial charge is 0.478 e. The Labute approximate surface area is 121 Å². The Hall–Kier alpha value is -1.81. The average molecular weight is 290 g/mol. The molecule has 0 aliphatic carbocycles. The van der Waals surface area contributed by atoms with Crippen LogP contribution >= 0.6 is 11.8 Å². The van der Waals surface area contributed by atoms with Crippen molar-refractivity contribution in [3.63, 3.8) is 0 Å². The first kappa shape index (κ1) is 14.6. The van der Waals surface area contributed by atoms with Crippen LogP contribution < -0.4 is 0 Å². The molecule has 0 heterocycles. The van der Waals surface area contributed by atoms with E-state index < -0.39 is 11.8 Å². The Morgan fingerprint density at radius 1 is 1.15 bits per heavy atom. The van der Waals surface area contributed by atoms with Crippen LogP contribution in [0.25, 0.3) is 0 Å². The Morgan fingerprint density at radius 3 is 2.55 bits per heavy atom. The van der Waals surface area contributed by atoms with Crippen molar-refractivity contribution in [3.05, 3.63) is 64.5 Å². The van der Waals surface area contributed by atoms with E-state index in [-0.39, 0.29) is 5.56 Å². The molecule has 0 fully saturated rings. The Kier molecular flexibility index (Phi) is 4.45. The molecule has 20 heavy (non-hydrogen) atoms. The summed E-state index contributed by atoms with van der Waals surface area (Å²) in [7, 11) is 0. The van der Waals surface area contributed by atoms with E-state index in [1.54, 1.807) is 0 Å². The summed E-state index contributed by atoms with van der Waals surface area (Å²) in [5.74, 6) is -1.01. The molecule has 0 saturated heterocycles. The van der Waals surface area contributed by atoms with Gasteiger partial charge in [-0.2, -0.15) is 0 Å². The van der Waals surface area contributed by atoms with Gasteiger partial charge < -0.3 is 5.11 Å². The molecule has 0 bridgehead atoms. The second kappa shape index (κ2) is 6.09.